The van der Waals surface area contributed by atoms with Crippen LogP contribution in [-0.4, -0.2) is 11.2 Å². The lowest BCUT2D eigenvalue weighted by Crippen LogP contribution is -2.30. The Morgan fingerprint density at radius 1 is 1.21 bits per heavy atom. The van der Waals surface area contributed by atoms with Crippen molar-refractivity contribution < 1.29 is 9.84 Å². The number of hydrogen-bond acceptors (Lipinski definition) is 2. The van der Waals surface area contributed by atoms with E-state index in [1.165, 1.54) is 0 Å². The van der Waals surface area contributed by atoms with Crippen molar-refractivity contribution in [3.8, 4) is 11.5 Å². The fourth-order valence-corrected chi connectivity index (χ4v) is 2.00. The Morgan fingerprint density at radius 2 is 1.93 bits per heavy atom. The fourth-order valence-electron chi connectivity index (χ4n) is 2.00. The highest BCUT2D eigenvalue weighted by molar-refractivity contribution is 5.43. The van der Waals surface area contributed by atoms with E-state index in [0.29, 0.717) is 17.6 Å². The Hall–Kier alpha value is -1.18. The molecule has 0 bridgehead atoms. The molecule has 3 unspecified atom stereocenters. The predicted molar refractivity (Wildman–Crippen MR) is 55.8 cm³/mol. The van der Waals surface area contributed by atoms with Gasteiger partial charge in [0.2, 0.25) is 0 Å². The van der Waals surface area contributed by atoms with E-state index in [1.54, 1.807) is 6.07 Å². The van der Waals surface area contributed by atoms with Crippen LogP contribution in [0.5, 0.6) is 11.5 Å². The molecule has 2 heteroatoms. The minimum absolute atomic E-state index is 0.252. The molecular formula is C12H16O2. The third kappa shape index (κ3) is 1.35. The molecular weight excluding hydrogens is 176 g/mol. The minimum atomic E-state index is 0.252. The smallest absolute Gasteiger partial charge is 0.123 e. The maximum atomic E-state index is 9.40. The molecule has 1 N–H and O–H groups in total. The Kier molecular flexibility index (Phi) is 2.14. The van der Waals surface area contributed by atoms with Gasteiger partial charge in [0, 0.05) is 5.56 Å². The predicted octanol–water partition coefficient (Wildman–Crippen LogP) is 2.91. The molecule has 0 amide bonds. The summed E-state index contributed by atoms with van der Waals surface area (Å²) in [4.78, 5) is 0. The van der Waals surface area contributed by atoms with Gasteiger partial charge in [-0.2, -0.15) is 0 Å². The molecule has 1 heterocycles. The lowest BCUT2D eigenvalue weighted by molar-refractivity contribution is 0.122. The van der Waals surface area contributed by atoms with E-state index in [9.17, 15) is 5.11 Å². The van der Waals surface area contributed by atoms with Crippen molar-refractivity contribution in [2.24, 2.45) is 5.92 Å². The molecule has 3 atom stereocenters. The van der Waals surface area contributed by atoms with Crippen molar-refractivity contribution in [2.75, 3.05) is 0 Å². The summed E-state index contributed by atoms with van der Waals surface area (Å²) in [5, 5.41) is 9.40. The topological polar surface area (TPSA) is 29.5 Å². The highest BCUT2D eigenvalue weighted by Gasteiger charge is 2.29. The third-order valence-electron chi connectivity index (χ3n) is 3.33. The number of fused-ring (bicyclic) bond motifs is 1. The average molecular weight is 192 g/mol. The zero-order valence-electron chi connectivity index (χ0n) is 8.82. The lowest BCUT2D eigenvalue weighted by atomic mass is 9.83. The van der Waals surface area contributed by atoms with Gasteiger partial charge in [-0.1, -0.05) is 13.8 Å². The summed E-state index contributed by atoms with van der Waals surface area (Å²) in [5.41, 5.74) is 1.12. The number of phenols is 1. The van der Waals surface area contributed by atoms with E-state index in [4.69, 9.17) is 4.74 Å². The first-order chi connectivity index (χ1) is 6.59. The first-order valence-corrected chi connectivity index (χ1v) is 5.09. The number of hydrogen-bond donors (Lipinski definition) is 1. The fraction of sp³-hybridized carbons (Fsp3) is 0.500. The highest BCUT2D eigenvalue weighted by Crippen LogP contribution is 2.40. The number of aromatic hydroxyl groups is 1. The van der Waals surface area contributed by atoms with Crippen LogP contribution in [-0.2, 0) is 0 Å². The summed E-state index contributed by atoms with van der Waals surface area (Å²) in [7, 11) is 0. The molecule has 0 spiro atoms. The van der Waals surface area contributed by atoms with Gasteiger partial charge in [0.25, 0.3) is 0 Å². The molecule has 0 radical (unpaired) electrons. The summed E-state index contributed by atoms with van der Waals surface area (Å²) in [5.74, 6) is 2.17. The second-order valence-corrected chi connectivity index (χ2v) is 4.19. The third-order valence-corrected chi connectivity index (χ3v) is 3.33. The Morgan fingerprint density at radius 3 is 2.64 bits per heavy atom. The van der Waals surface area contributed by atoms with Gasteiger partial charge in [-0.15, -0.1) is 0 Å². The summed E-state index contributed by atoms with van der Waals surface area (Å²) in [6.45, 7) is 6.46. The van der Waals surface area contributed by atoms with Crippen molar-refractivity contribution in [1.29, 1.82) is 0 Å². The average Bonchev–Trinajstić information content (AvgIpc) is 2.16. The normalized spacial score (nSPS) is 30.6. The maximum Gasteiger partial charge on any atom is 0.123 e. The van der Waals surface area contributed by atoms with Crippen molar-refractivity contribution >= 4 is 0 Å². The van der Waals surface area contributed by atoms with Gasteiger partial charge in [-0.25, -0.2) is 0 Å². The molecule has 76 valence electrons. The molecule has 1 aromatic rings. The molecule has 1 aromatic carbocycles. The van der Waals surface area contributed by atoms with Crippen LogP contribution in [0.15, 0.2) is 18.2 Å². The van der Waals surface area contributed by atoms with E-state index in [-0.39, 0.29) is 6.10 Å². The number of rotatable bonds is 0. The summed E-state index contributed by atoms with van der Waals surface area (Å²) >= 11 is 0. The molecule has 1 aliphatic heterocycles. The molecule has 14 heavy (non-hydrogen) atoms. The first kappa shape index (κ1) is 9.38. The number of phenolic OH excluding ortho intramolecular Hbond substituents is 1. The second kappa shape index (κ2) is 3.19. The van der Waals surface area contributed by atoms with E-state index in [1.807, 2.05) is 12.1 Å². The van der Waals surface area contributed by atoms with Gasteiger partial charge in [0.05, 0.1) is 6.10 Å². The number of ether oxygens (including phenoxy) is 1. The molecule has 0 saturated carbocycles. The monoisotopic (exact) mass is 192 g/mol. The summed E-state index contributed by atoms with van der Waals surface area (Å²) in [6.07, 6.45) is 0.252. The Bertz CT molecular complexity index is 346. The van der Waals surface area contributed by atoms with Crippen molar-refractivity contribution in [3.63, 3.8) is 0 Å². The largest absolute Gasteiger partial charge is 0.508 e. The van der Waals surface area contributed by atoms with Crippen LogP contribution < -0.4 is 4.74 Å². The molecule has 0 saturated heterocycles. The van der Waals surface area contributed by atoms with Crippen molar-refractivity contribution in [3.05, 3.63) is 23.8 Å². The van der Waals surface area contributed by atoms with Crippen LogP contribution in [0.2, 0.25) is 0 Å². The lowest BCUT2D eigenvalue weighted by Gasteiger charge is -2.34. The standard InChI is InChI=1S/C12H16O2/c1-7-8(2)11-6-10(13)4-5-12(11)14-9(7)3/h4-9,13H,1-3H3. The van der Waals surface area contributed by atoms with Crippen molar-refractivity contribution in [1.82, 2.24) is 0 Å². The van der Waals surface area contributed by atoms with Gasteiger partial charge in [0.15, 0.2) is 0 Å². The molecule has 0 fully saturated rings. The molecule has 0 aliphatic carbocycles. The first-order valence-electron chi connectivity index (χ1n) is 5.09. The molecule has 0 aromatic heterocycles. The molecule has 2 nitrogen and oxygen atoms in total. The van der Waals surface area contributed by atoms with E-state index < -0.39 is 0 Å². The van der Waals surface area contributed by atoms with Crippen LogP contribution in [0.3, 0.4) is 0 Å². The zero-order valence-corrected chi connectivity index (χ0v) is 8.82. The zero-order chi connectivity index (χ0) is 10.3. The summed E-state index contributed by atoms with van der Waals surface area (Å²) < 4.78 is 5.76. The minimum Gasteiger partial charge on any atom is -0.508 e. The van der Waals surface area contributed by atoms with Crippen LogP contribution in [0.4, 0.5) is 0 Å². The van der Waals surface area contributed by atoms with Crippen molar-refractivity contribution in [2.45, 2.75) is 32.8 Å². The van der Waals surface area contributed by atoms with Gasteiger partial charge < -0.3 is 9.84 Å². The number of benzene rings is 1. The van der Waals surface area contributed by atoms with Crippen LogP contribution >= 0.6 is 0 Å². The van der Waals surface area contributed by atoms with Crippen LogP contribution in [0.1, 0.15) is 32.3 Å². The molecule has 1 aliphatic rings. The van der Waals surface area contributed by atoms with E-state index in [2.05, 4.69) is 20.8 Å². The van der Waals surface area contributed by atoms with Crippen LogP contribution in [0, 0.1) is 5.92 Å². The van der Waals surface area contributed by atoms with Gasteiger partial charge in [-0.05, 0) is 37.0 Å². The SMILES string of the molecule is CC1Oc2ccc(O)cc2C(C)C1C. The second-order valence-electron chi connectivity index (χ2n) is 4.19. The summed E-state index contributed by atoms with van der Waals surface area (Å²) in [6, 6.07) is 5.33. The highest BCUT2D eigenvalue weighted by atomic mass is 16.5. The van der Waals surface area contributed by atoms with E-state index >= 15 is 0 Å². The Balaban J connectivity index is 2.46. The molecule has 2 rings (SSSR count). The van der Waals surface area contributed by atoms with Crippen LogP contribution in [0.25, 0.3) is 0 Å². The van der Waals surface area contributed by atoms with Gasteiger partial charge >= 0.3 is 0 Å². The van der Waals surface area contributed by atoms with Gasteiger partial charge in [0.1, 0.15) is 11.5 Å². The quantitative estimate of drug-likeness (QED) is 0.684. The Labute approximate surface area is 84.5 Å². The van der Waals surface area contributed by atoms with E-state index in [0.717, 1.165) is 11.3 Å². The van der Waals surface area contributed by atoms with Gasteiger partial charge in [-0.3, -0.25) is 0 Å². The maximum absolute atomic E-state index is 9.40.